The van der Waals surface area contributed by atoms with Crippen molar-refractivity contribution in [2.75, 3.05) is 13.2 Å². The van der Waals surface area contributed by atoms with Crippen molar-refractivity contribution in [3.05, 3.63) is 28.6 Å². The van der Waals surface area contributed by atoms with Gasteiger partial charge in [-0.15, -0.1) is 0 Å². The van der Waals surface area contributed by atoms with Gasteiger partial charge in [0, 0.05) is 12.3 Å². The van der Waals surface area contributed by atoms with Crippen LogP contribution < -0.4 is 0 Å². The standard InChI is InChI=1S/C9H12N2O6/c12-4-7-8(13)9(14,5-17-7)10-2-1-6(3-10)11(15)16/h1-3,7-8,12-14H,4-5H2/t7-,8-,9-/m1/s1. The van der Waals surface area contributed by atoms with Crippen LogP contribution in [0.2, 0.25) is 0 Å². The molecule has 0 spiro atoms. The van der Waals surface area contributed by atoms with Gasteiger partial charge in [-0.3, -0.25) is 10.1 Å². The first kappa shape index (κ1) is 12.0. The van der Waals surface area contributed by atoms with Crippen molar-refractivity contribution in [1.29, 1.82) is 0 Å². The Morgan fingerprint density at radius 2 is 2.41 bits per heavy atom. The van der Waals surface area contributed by atoms with E-state index >= 15 is 0 Å². The molecule has 8 nitrogen and oxygen atoms in total. The number of aliphatic hydroxyl groups is 3. The highest BCUT2D eigenvalue weighted by Gasteiger charge is 2.49. The van der Waals surface area contributed by atoms with Crippen molar-refractivity contribution in [3.8, 4) is 0 Å². The highest BCUT2D eigenvalue weighted by atomic mass is 16.6. The fraction of sp³-hybridized carbons (Fsp3) is 0.556. The lowest BCUT2D eigenvalue weighted by Crippen LogP contribution is -2.46. The number of nitrogens with zero attached hydrogens (tertiary/aromatic N) is 2. The van der Waals surface area contributed by atoms with E-state index < -0.39 is 29.5 Å². The van der Waals surface area contributed by atoms with Crippen molar-refractivity contribution < 1.29 is 25.0 Å². The summed E-state index contributed by atoms with van der Waals surface area (Å²) < 4.78 is 6.13. The van der Waals surface area contributed by atoms with Crippen molar-refractivity contribution in [3.63, 3.8) is 0 Å². The predicted octanol–water partition coefficient (Wildman–Crippen LogP) is -1.21. The Hall–Kier alpha value is -1.48. The monoisotopic (exact) mass is 244 g/mol. The molecule has 2 rings (SSSR count). The molecule has 1 aliphatic rings. The van der Waals surface area contributed by atoms with Crippen LogP contribution in [0.4, 0.5) is 5.69 Å². The van der Waals surface area contributed by atoms with Crippen molar-refractivity contribution in [2.24, 2.45) is 0 Å². The minimum absolute atomic E-state index is 0.196. The molecule has 3 atom stereocenters. The van der Waals surface area contributed by atoms with Gasteiger partial charge in [-0.05, 0) is 0 Å². The lowest BCUT2D eigenvalue weighted by molar-refractivity contribution is -0.385. The number of ether oxygens (including phenoxy) is 1. The van der Waals surface area contributed by atoms with Crippen molar-refractivity contribution >= 4 is 5.69 Å². The molecular weight excluding hydrogens is 232 g/mol. The van der Waals surface area contributed by atoms with E-state index in [1.165, 1.54) is 12.3 Å². The van der Waals surface area contributed by atoms with Gasteiger partial charge in [-0.25, -0.2) is 0 Å². The van der Waals surface area contributed by atoms with Crippen LogP contribution in [0.25, 0.3) is 0 Å². The fourth-order valence-corrected chi connectivity index (χ4v) is 1.82. The van der Waals surface area contributed by atoms with Gasteiger partial charge in [0.2, 0.25) is 0 Å². The molecule has 1 aromatic heterocycles. The van der Waals surface area contributed by atoms with E-state index in [1.54, 1.807) is 0 Å². The van der Waals surface area contributed by atoms with Crippen LogP contribution in [0.15, 0.2) is 18.5 Å². The van der Waals surface area contributed by atoms with Gasteiger partial charge in [0.1, 0.15) is 12.2 Å². The minimum Gasteiger partial charge on any atom is -0.394 e. The molecular formula is C9H12N2O6. The summed E-state index contributed by atoms with van der Waals surface area (Å²) in [4.78, 5) is 9.91. The summed E-state index contributed by atoms with van der Waals surface area (Å²) in [6.07, 6.45) is 0.137. The Labute approximate surface area is 95.8 Å². The zero-order chi connectivity index (χ0) is 12.6. The molecule has 0 radical (unpaired) electrons. The van der Waals surface area contributed by atoms with E-state index in [0.717, 1.165) is 10.8 Å². The molecule has 0 unspecified atom stereocenters. The van der Waals surface area contributed by atoms with Gasteiger partial charge in [0.25, 0.3) is 5.69 Å². The van der Waals surface area contributed by atoms with Gasteiger partial charge in [-0.2, -0.15) is 0 Å². The van der Waals surface area contributed by atoms with Gasteiger partial charge >= 0.3 is 0 Å². The lowest BCUT2D eigenvalue weighted by atomic mass is 10.1. The molecule has 17 heavy (non-hydrogen) atoms. The highest BCUT2D eigenvalue weighted by Crippen LogP contribution is 2.31. The first-order valence-electron chi connectivity index (χ1n) is 4.95. The van der Waals surface area contributed by atoms with E-state index in [2.05, 4.69) is 0 Å². The molecule has 0 aliphatic carbocycles. The molecule has 1 aromatic rings. The summed E-state index contributed by atoms with van der Waals surface area (Å²) in [6.45, 7) is -0.682. The Morgan fingerprint density at radius 1 is 1.71 bits per heavy atom. The molecule has 1 aliphatic heterocycles. The molecule has 2 heterocycles. The van der Waals surface area contributed by atoms with E-state index in [1.807, 2.05) is 0 Å². The van der Waals surface area contributed by atoms with Crippen LogP contribution >= 0.6 is 0 Å². The van der Waals surface area contributed by atoms with Gasteiger partial charge in [0.15, 0.2) is 5.72 Å². The summed E-state index contributed by atoms with van der Waals surface area (Å²) in [7, 11) is 0. The quantitative estimate of drug-likeness (QED) is 0.453. The Balaban J connectivity index is 2.29. The molecule has 0 aromatic carbocycles. The molecule has 0 amide bonds. The van der Waals surface area contributed by atoms with Gasteiger partial charge < -0.3 is 24.6 Å². The zero-order valence-corrected chi connectivity index (χ0v) is 8.76. The fourth-order valence-electron chi connectivity index (χ4n) is 1.82. The Kier molecular flexibility index (Phi) is 2.87. The average Bonchev–Trinajstić information content (AvgIpc) is 2.87. The van der Waals surface area contributed by atoms with Gasteiger partial charge in [-0.1, -0.05) is 0 Å². The highest BCUT2D eigenvalue weighted by molar-refractivity contribution is 5.27. The second-order valence-electron chi connectivity index (χ2n) is 3.89. The molecule has 3 N–H and O–H groups in total. The number of hydrogen-bond donors (Lipinski definition) is 3. The van der Waals surface area contributed by atoms with E-state index in [0.29, 0.717) is 0 Å². The lowest BCUT2D eigenvalue weighted by Gasteiger charge is -2.27. The second kappa shape index (κ2) is 4.08. The topological polar surface area (TPSA) is 118 Å². The summed E-state index contributed by atoms with van der Waals surface area (Å²) >= 11 is 0. The number of rotatable bonds is 3. The van der Waals surface area contributed by atoms with Crippen LogP contribution in [-0.4, -0.2) is 50.2 Å². The van der Waals surface area contributed by atoms with Crippen LogP contribution in [0.1, 0.15) is 0 Å². The first-order chi connectivity index (χ1) is 7.99. The minimum atomic E-state index is -1.79. The maximum atomic E-state index is 10.5. The SMILES string of the molecule is O=[N+]([O-])c1ccn([C@@]2(O)CO[C@H](CO)[C@H]2O)c1. The molecule has 0 bridgehead atoms. The first-order valence-corrected chi connectivity index (χ1v) is 4.95. The van der Waals surface area contributed by atoms with Crippen LogP contribution in [0, 0.1) is 10.1 Å². The zero-order valence-electron chi connectivity index (χ0n) is 8.76. The molecule has 1 fully saturated rings. The number of aromatic nitrogens is 1. The van der Waals surface area contributed by atoms with Crippen LogP contribution in [0.5, 0.6) is 0 Å². The van der Waals surface area contributed by atoms with Gasteiger partial charge in [0.05, 0.1) is 24.3 Å². The van der Waals surface area contributed by atoms with E-state index in [9.17, 15) is 20.3 Å². The summed E-state index contributed by atoms with van der Waals surface area (Å²) in [6, 6.07) is 1.21. The maximum absolute atomic E-state index is 10.5. The van der Waals surface area contributed by atoms with Crippen LogP contribution in [0.3, 0.4) is 0 Å². The average molecular weight is 244 g/mol. The second-order valence-corrected chi connectivity index (χ2v) is 3.89. The molecule has 94 valence electrons. The largest absolute Gasteiger partial charge is 0.394 e. The number of hydrogen-bond acceptors (Lipinski definition) is 6. The Bertz CT molecular complexity index is 433. The predicted molar refractivity (Wildman–Crippen MR) is 54.1 cm³/mol. The molecule has 1 saturated heterocycles. The van der Waals surface area contributed by atoms with E-state index in [4.69, 9.17) is 9.84 Å². The van der Waals surface area contributed by atoms with Crippen LogP contribution in [-0.2, 0) is 10.5 Å². The smallest absolute Gasteiger partial charge is 0.286 e. The Morgan fingerprint density at radius 3 is 2.88 bits per heavy atom. The third-order valence-corrected chi connectivity index (χ3v) is 2.85. The number of nitro groups is 1. The van der Waals surface area contributed by atoms with Crippen molar-refractivity contribution in [1.82, 2.24) is 4.57 Å². The summed E-state index contributed by atoms with van der Waals surface area (Å²) in [5.41, 5.74) is -1.99. The van der Waals surface area contributed by atoms with Crippen molar-refractivity contribution in [2.45, 2.75) is 17.9 Å². The normalized spacial score (nSPS) is 32.9. The maximum Gasteiger partial charge on any atom is 0.286 e. The third kappa shape index (κ3) is 1.80. The molecule has 8 heteroatoms. The molecule has 0 saturated carbocycles. The van der Waals surface area contributed by atoms with E-state index in [-0.39, 0.29) is 12.3 Å². The number of aliphatic hydroxyl groups excluding tert-OH is 2. The third-order valence-electron chi connectivity index (χ3n) is 2.85. The summed E-state index contributed by atoms with van der Waals surface area (Å²) in [5, 5.41) is 39.4. The summed E-state index contributed by atoms with van der Waals surface area (Å²) in [5.74, 6) is 0.